The summed E-state index contributed by atoms with van der Waals surface area (Å²) in [5.74, 6) is 0.587. The molecule has 0 saturated carbocycles. The fourth-order valence-corrected chi connectivity index (χ4v) is 3.21. The van der Waals surface area contributed by atoms with Crippen LogP contribution in [0.5, 0.6) is 11.5 Å². The van der Waals surface area contributed by atoms with Gasteiger partial charge in [0.25, 0.3) is 5.91 Å². The van der Waals surface area contributed by atoms with E-state index in [1.807, 2.05) is 25.1 Å². The molecule has 0 aliphatic carbocycles. The first-order chi connectivity index (χ1) is 15.0. The van der Waals surface area contributed by atoms with Crippen molar-refractivity contribution >= 4 is 11.9 Å². The van der Waals surface area contributed by atoms with Crippen molar-refractivity contribution in [3.05, 3.63) is 59.2 Å². The van der Waals surface area contributed by atoms with Crippen molar-refractivity contribution < 1.29 is 28.5 Å². The SMILES string of the molecule is COC(=O)COCCN(CCCc1ccccc1)C(=O)c1cc(OC)c(C)c(OC)c1. The van der Waals surface area contributed by atoms with Gasteiger partial charge in [0.05, 0.1) is 27.9 Å². The summed E-state index contributed by atoms with van der Waals surface area (Å²) in [5.41, 5.74) is 2.53. The van der Waals surface area contributed by atoms with Crippen LogP contribution in [0.1, 0.15) is 27.9 Å². The molecule has 0 N–H and O–H groups in total. The molecule has 0 aromatic heterocycles. The molecule has 2 aromatic carbocycles. The quantitative estimate of drug-likeness (QED) is 0.381. The van der Waals surface area contributed by atoms with Crippen LogP contribution in [0.2, 0.25) is 0 Å². The Morgan fingerprint density at radius 2 is 1.58 bits per heavy atom. The van der Waals surface area contributed by atoms with Gasteiger partial charge in [0.1, 0.15) is 18.1 Å². The van der Waals surface area contributed by atoms with E-state index in [1.54, 1.807) is 31.3 Å². The third kappa shape index (κ3) is 7.29. The van der Waals surface area contributed by atoms with Crippen LogP contribution in [0.15, 0.2) is 42.5 Å². The molecular formula is C24H31NO6. The van der Waals surface area contributed by atoms with Gasteiger partial charge in [-0.15, -0.1) is 0 Å². The van der Waals surface area contributed by atoms with E-state index in [0.29, 0.717) is 30.2 Å². The van der Waals surface area contributed by atoms with Crippen LogP contribution in [0.3, 0.4) is 0 Å². The Morgan fingerprint density at radius 1 is 0.935 bits per heavy atom. The highest BCUT2D eigenvalue weighted by molar-refractivity contribution is 5.95. The molecule has 31 heavy (non-hydrogen) atoms. The Kier molecular flexibility index (Phi) is 9.84. The van der Waals surface area contributed by atoms with Gasteiger partial charge >= 0.3 is 5.97 Å². The Bertz CT molecular complexity index is 827. The van der Waals surface area contributed by atoms with Crippen molar-refractivity contribution in [1.82, 2.24) is 4.90 Å². The number of benzene rings is 2. The second-order valence-electron chi connectivity index (χ2n) is 7.02. The monoisotopic (exact) mass is 429 g/mol. The van der Waals surface area contributed by atoms with Crippen LogP contribution in [-0.2, 0) is 20.7 Å². The van der Waals surface area contributed by atoms with Gasteiger partial charge in [-0.05, 0) is 37.5 Å². The first-order valence-electron chi connectivity index (χ1n) is 10.2. The molecule has 0 spiro atoms. The number of hydrogen-bond acceptors (Lipinski definition) is 6. The second-order valence-corrected chi connectivity index (χ2v) is 7.02. The molecule has 0 heterocycles. The van der Waals surface area contributed by atoms with E-state index in [2.05, 4.69) is 16.9 Å². The lowest BCUT2D eigenvalue weighted by atomic mass is 10.1. The number of ether oxygens (including phenoxy) is 4. The molecule has 1 amide bonds. The highest BCUT2D eigenvalue weighted by Crippen LogP contribution is 2.30. The minimum atomic E-state index is -0.449. The van der Waals surface area contributed by atoms with Crippen LogP contribution in [0, 0.1) is 6.92 Å². The molecule has 7 nitrogen and oxygen atoms in total. The van der Waals surface area contributed by atoms with Crippen molar-refractivity contribution in [2.45, 2.75) is 19.8 Å². The average molecular weight is 430 g/mol. The molecule has 168 valence electrons. The lowest BCUT2D eigenvalue weighted by molar-refractivity contribution is -0.145. The lowest BCUT2D eigenvalue weighted by Gasteiger charge is -2.24. The number of esters is 1. The number of nitrogens with zero attached hydrogens (tertiary/aromatic N) is 1. The highest BCUT2D eigenvalue weighted by Gasteiger charge is 2.19. The van der Waals surface area contributed by atoms with Gasteiger partial charge in [0.15, 0.2) is 0 Å². The minimum Gasteiger partial charge on any atom is -0.496 e. The summed E-state index contributed by atoms with van der Waals surface area (Å²) in [4.78, 5) is 26.3. The minimum absolute atomic E-state index is 0.144. The van der Waals surface area contributed by atoms with Gasteiger partial charge in [0.2, 0.25) is 0 Å². The van der Waals surface area contributed by atoms with Crippen LogP contribution in [-0.4, -0.2) is 64.4 Å². The van der Waals surface area contributed by atoms with Gasteiger partial charge < -0.3 is 23.8 Å². The maximum atomic E-state index is 13.3. The van der Waals surface area contributed by atoms with Crippen molar-refractivity contribution in [2.75, 3.05) is 47.6 Å². The first-order valence-corrected chi connectivity index (χ1v) is 10.2. The molecule has 2 rings (SSSR count). The van der Waals surface area contributed by atoms with E-state index in [-0.39, 0.29) is 19.1 Å². The normalized spacial score (nSPS) is 10.5. The third-order valence-electron chi connectivity index (χ3n) is 4.98. The van der Waals surface area contributed by atoms with Crippen LogP contribution < -0.4 is 9.47 Å². The fourth-order valence-electron chi connectivity index (χ4n) is 3.21. The van der Waals surface area contributed by atoms with Crippen LogP contribution in [0.25, 0.3) is 0 Å². The lowest BCUT2D eigenvalue weighted by Crippen LogP contribution is -2.35. The summed E-state index contributed by atoms with van der Waals surface area (Å²) in [5, 5.41) is 0. The first kappa shape index (κ1) is 24.2. The third-order valence-corrected chi connectivity index (χ3v) is 4.98. The van der Waals surface area contributed by atoms with Gasteiger partial charge in [0, 0.05) is 24.2 Å². The molecule has 0 bridgehead atoms. The van der Waals surface area contributed by atoms with Crippen molar-refractivity contribution in [2.24, 2.45) is 0 Å². The predicted molar refractivity (Wildman–Crippen MR) is 118 cm³/mol. The van der Waals surface area contributed by atoms with Crippen molar-refractivity contribution in [3.63, 3.8) is 0 Å². The summed E-state index contributed by atoms with van der Waals surface area (Å²) in [6, 6.07) is 13.6. The van der Waals surface area contributed by atoms with Crippen LogP contribution >= 0.6 is 0 Å². The van der Waals surface area contributed by atoms with Crippen molar-refractivity contribution in [3.8, 4) is 11.5 Å². The Hall–Kier alpha value is -3.06. The van der Waals surface area contributed by atoms with Crippen LogP contribution in [0.4, 0.5) is 0 Å². The van der Waals surface area contributed by atoms with E-state index >= 15 is 0 Å². The second kappa shape index (κ2) is 12.6. The van der Waals surface area contributed by atoms with Crippen molar-refractivity contribution in [1.29, 1.82) is 0 Å². The zero-order valence-electron chi connectivity index (χ0n) is 18.7. The highest BCUT2D eigenvalue weighted by atomic mass is 16.6. The molecule has 2 aromatic rings. The standard InChI is InChI=1S/C24H31NO6/c1-18-21(28-2)15-20(16-22(18)29-3)24(27)25(13-14-31-17-23(26)30-4)12-8-11-19-9-6-5-7-10-19/h5-7,9-10,15-16H,8,11-14,17H2,1-4H3. The Labute approximate surface area is 183 Å². The van der Waals surface area contributed by atoms with E-state index in [4.69, 9.17) is 14.2 Å². The van der Waals surface area contributed by atoms with Gasteiger partial charge in [-0.3, -0.25) is 4.79 Å². The van der Waals surface area contributed by atoms with E-state index in [9.17, 15) is 9.59 Å². The molecule has 0 saturated heterocycles. The zero-order chi connectivity index (χ0) is 22.6. The van der Waals surface area contributed by atoms with E-state index in [1.165, 1.54) is 12.7 Å². The maximum absolute atomic E-state index is 13.3. The number of rotatable bonds is 12. The van der Waals surface area contributed by atoms with E-state index < -0.39 is 5.97 Å². The zero-order valence-corrected chi connectivity index (χ0v) is 18.7. The molecule has 0 radical (unpaired) electrons. The maximum Gasteiger partial charge on any atom is 0.331 e. The van der Waals surface area contributed by atoms with Gasteiger partial charge in [-0.1, -0.05) is 30.3 Å². The molecule has 0 fully saturated rings. The number of carbonyl (C=O) groups excluding carboxylic acids is 2. The molecule has 0 aliphatic heterocycles. The Morgan fingerprint density at radius 3 is 2.16 bits per heavy atom. The van der Waals surface area contributed by atoms with Gasteiger partial charge in [-0.25, -0.2) is 4.79 Å². The predicted octanol–water partition coefficient (Wildman–Crippen LogP) is 3.28. The molecule has 7 heteroatoms. The molecule has 0 unspecified atom stereocenters. The smallest absolute Gasteiger partial charge is 0.331 e. The average Bonchev–Trinajstić information content (AvgIpc) is 2.80. The number of hydrogen-bond donors (Lipinski definition) is 0. The number of carbonyl (C=O) groups is 2. The summed E-state index contributed by atoms with van der Waals surface area (Å²) in [7, 11) is 4.44. The fraction of sp³-hybridized carbons (Fsp3) is 0.417. The molecule has 0 aliphatic rings. The van der Waals surface area contributed by atoms with Gasteiger partial charge in [-0.2, -0.15) is 0 Å². The number of aryl methyl sites for hydroxylation is 1. The number of methoxy groups -OCH3 is 3. The summed E-state index contributed by atoms with van der Waals surface area (Å²) < 4.78 is 20.8. The largest absolute Gasteiger partial charge is 0.496 e. The Balaban J connectivity index is 2.11. The summed E-state index contributed by atoms with van der Waals surface area (Å²) >= 11 is 0. The topological polar surface area (TPSA) is 74.3 Å². The summed E-state index contributed by atoms with van der Waals surface area (Å²) in [6.45, 7) is 2.86. The van der Waals surface area contributed by atoms with E-state index in [0.717, 1.165) is 18.4 Å². The summed E-state index contributed by atoms with van der Waals surface area (Å²) in [6.07, 6.45) is 1.65. The molecular weight excluding hydrogens is 398 g/mol. The molecule has 0 atom stereocenters. The number of amides is 1.